The number of carbonyl (C=O) groups excluding carboxylic acids is 1. The van der Waals surface area contributed by atoms with Gasteiger partial charge in [-0.15, -0.1) is 0 Å². The first kappa shape index (κ1) is 24.8. The summed E-state index contributed by atoms with van der Waals surface area (Å²) in [6.07, 6.45) is 9.00. The molecule has 0 bridgehead atoms. The molecule has 2 aromatic rings. The summed E-state index contributed by atoms with van der Waals surface area (Å²) in [7, 11) is 0. The minimum atomic E-state index is -0.791. The van der Waals surface area contributed by atoms with Crippen LogP contribution in [0.2, 0.25) is 0 Å². The molecule has 1 aliphatic carbocycles. The number of hydrogen-bond acceptors (Lipinski definition) is 6. The molecule has 36 heavy (non-hydrogen) atoms. The Morgan fingerprint density at radius 1 is 1.08 bits per heavy atom. The topological polar surface area (TPSA) is 85.8 Å². The molecule has 1 spiro atoms. The van der Waals surface area contributed by atoms with E-state index in [0.717, 1.165) is 69.5 Å². The second kappa shape index (κ2) is 11.0. The highest BCUT2D eigenvalue weighted by Gasteiger charge is 2.47. The number of carbonyl (C=O) groups is 2. The number of aromatic nitrogens is 1. The Bertz CT molecular complexity index is 1040. The Morgan fingerprint density at radius 2 is 1.89 bits per heavy atom. The molecule has 1 saturated carbocycles. The fourth-order valence-electron chi connectivity index (χ4n) is 6.31. The van der Waals surface area contributed by atoms with Crippen LogP contribution in [0.4, 0.5) is 11.5 Å². The number of ketones is 1. The van der Waals surface area contributed by atoms with Crippen molar-refractivity contribution < 1.29 is 14.7 Å². The molecule has 7 nitrogen and oxygen atoms in total. The second-order valence-corrected chi connectivity index (χ2v) is 10.9. The first-order valence-electron chi connectivity index (χ1n) is 13.5. The van der Waals surface area contributed by atoms with E-state index in [9.17, 15) is 14.7 Å². The van der Waals surface area contributed by atoms with Crippen molar-refractivity contribution in [3.05, 3.63) is 54.2 Å². The van der Waals surface area contributed by atoms with Gasteiger partial charge in [0.1, 0.15) is 17.6 Å². The van der Waals surface area contributed by atoms with Crippen molar-refractivity contribution in [3.8, 4) is 0 Å². The molecule has 2 aliphatic heterocycles. The highest BCUT2D eigenvalue weighted by molar-refractivity contribution is 5.86. The largest absolute Gasteiger partial charge is 0.480 e. The van der Waals surface area contributed by atoms with E-state index in [4.69, 9.17) is 0 Å². The normalized spacial score (nSPS) is 24.2. The monoisotopic (exact) mass is 490 g/mol. The molecule has 192 valence electrons. The van der Waals surface area contributed by atoms with Gasteiger partial charge in [0.15, 0.2) is 0 Å². The summed E-state index contributed by atoms with van der Waals surface area (Å²) in [5, 5.41) is 13.5. The van der Waals surface area contributed by atoms with Gasteiger partial charge in [-0.05, 0) is 74.3 Å². The lowest BCUT2D eigenvalue weighted by Gasteiger charge is -2.34. The zero-order valence-corrected chi connectivity index (χ0v) is 21.1. The Morgan fingerprint density at radius 3 is 2.58 bits per heavy atom. The van der Waals surface area contributed by atoms with Crippen LogP contribution in [0, 0.1) is 11.3 Å². The SMILES string of the molecule is O=C(O)C(Cc1ccc(N2CCC(CNc3ccccn3)CC2)cc1)N1CCC2(CCCCC2=O)C1. The standard InChI is InChI=1S/C29H38N4O3/c34-26-5-1-3-13-29(26)14-18-33(21-29)25(28(35)36)19-22-7-9-24(10-8-22)32-16-11-23(12-17-32)20-31-27-6-2-4-15-30-27/h2,4,6-10,15,23,25H,1,3,5,11-14,16-21H2,(H,30,31)(H,35,36). The van der Waals surface area contributed by atoms with Crippen LogP contribution in [0.3, 0.4) is 0 Å². The van der Waals surface area contributed by atoms with Crippen LogP contribution in [0.15, 0.2) is 48.7 Å². The average molecular weight is 491 g/mol. The lowest BCUT2D eigenvalue weighted by atomic mass is 9.72. The molecule has 1 aromatic heterocycles. The lowest BCUT2D eigenvalue weighted by Crippen LogP contribution is -2.44. The molecule has 2 N–H and O–H groups in total. The predicted molar refractivity (Wildman–Crippen MR) is 141 cm³/mol. The zero-order valence-electron chi connectivity index (χ0n) is 21.1. The zero-order chi connectivity index (χ0) is 25.0. The van der Waals surface area contributed by atoms with Crippen molar-refractivity contribution in [3.63, 3.8) is 0 Å². The van der Waals surface area contributed by atoms with E-state index in [0.29, 0.717) is 37.6 Å². The molecular weight excluding hydrogens is 452 g/mol. The van der Waals surface area contributed by atoms with E-state index < -0.39 is 12.0 Å². The van der Waals surface area contributed by atoms with Crippen molar-refractivity contribution in [1.82, 2.24) is 9.88 Å². The third-order valence-electron chi connectivity index (χ3n) is 8.59. The number of piperidine rings is 1. The number of rotatable bonds is 8. The van der Waals surface area contributed by atoms with E-state index in [1.807, 2.05) is 29.3 Å². The van der Waals surface area contributed by atoms with E-state index in [2.05, 4.69) is 39.5 Å². The van der Waals surface area contributed by atoms with Crippen molar-refractivity contribution in [1.29, 1.82) is 0 Å². The summed E-state index contributed by atoms with van der Waals surface area (Å²) < 4.78 is 0. The van der Waals surface area contributed by atoms with Gasteiger partial charge in [0.25, 0.3) is 0 Å². The summed E-state index contributed by atoms with van der Waals surface area (Å²) in [4.78, 5) is 33.6. The van der Waals surface area contributed by atoms with Gasteiger partial charge in [-0.1, -0.05) is 24.6 Å². The van der Waals surface area contributed by atoms with Gasteiger partial charge in [-0.2, -0.15) is 0 Å². The number of anilines is 2. The van der Waals surface area contributed by atoms with Crippen LogP contribution in [-0.2, 0) is 16.0 Å². The summed E-state index contributed by atoms with van der Waals surface area (Å²) in [5.74, 6) is 1.13. The highest BCUT2D eigenvalue weighted by atomic mass is 16.4. The third-order valence-corrected chi connectivity index (χ3v) is 8.59. The second-order valence-electron chi connectivity index (χ2n) is 10.9. The minimum absolute atomic E-state index is 0.297. The van der Waals surface area contributed by atoms with Crippen molar-refractivity contribution in [2.75, 3.05) is 42.9 Å². The number of Topliss-reactive ketones (excluding diaryl/α,β-unsaturated/α-hetero) is 1. The Labute approximate surface area is 213 Å². The van der Waals surface area contributed by atoms with Crippen LogP contribution in [0.1, 0.15) is 50.5 Å². The van der Waals surface area contributed by atoms with Gasteiger partial charge >= 0.3 is 5.97 Å². The molecule has 1 aromatic carbocycles. The third kappa shape index (κ3) is 5.56. The van der Waals surface area contributed by atoms with E-state index in [1.165, 1.54) is 5.69 Å². The van der Waals surface area contributed by atoms with Gasteiger partial charge in [0, 0.05) is 56.4 Å². The number of nitrogens with zero attached hydrogens (tertiary/aromatic N) is 3. The van der Waals surface area contributed by atoms with Gasteiger partial charge in [0.2, 0.25) is 0 Å². The summed E-state index contributed by atoms with van der Waals surface area (Å²) in [6.45, 7) is 4.30. The van der Waals surface area contributed by atoms with Gasteiger partial charge in [0.05, 0.1) is 0 Å². The summed E-state index contributed by atoms with van der Waals surface area (Å²) in [6, 6.07) is 13.8. The molecule has 2 atom stereocenters. The summed E-state index contributed by atoms with van der Waals surface area (Å²) in [5.41, 5.74) is 1.95. The summed E-state index contributed by atoms with van der Waals surface area (Å²) >= 11 is 0. The Kier molecular flexibility index (Phi) is 7.56. The van der Waals surface area contributed by atoms with Crippen LogP contribution in [0.25, 0.3) is 0 Å². The molecule has 5 rings (SSSR count). The molecule has 3 aliphatic rings. The van der Waals surface area contributed by atoms with Crippen LogP contribution in [-0.4, -0.2) is 65.5 Å². The number of carboxylic acids is 1. The Hall–Kier alpha value is -2.93. The number of benzene rings is 1. The van der Waals surface area contributed by atoms with Crippen LogP contribution in [0.5, 0.6) is 0 Å². The van der Waals surface area contributed by atoms with Crippen LogP contribution >= 0.6 is 0 Å². The highest BCUT2D eigenvalue weighted by Crippen LogP contribution is 2.42. The number of likely N-dealkylation sites (tertiary alicyclic amines) is 1. The smallest absolute Gasteiger partial charge is 0.321 e. The van der Waals surface area contributed by atoms with Crippen LogP contribution < -0.4 is 10.2 Å². The lowest BCUT2D eigenvalue weighted by molar-refractivity contribution is -0.143. The number of hydrogen-bond donors (Lipinski definition) is 2. The number of nitrogens with one attached hydrogen (secondary N) is 1. The van der Waals surface area contributed by atoms with Gasteiger partial charge in [-0.25, -0.2) is 4.98 Å². The van der Waals surface area contributed by atoms with E-state index >= 15 is 0 Å². The Balaban J connectivity index is 1.13. The minimum Gasteiger partial charge on any atom is -0.480 e. The van der Waals surface area contributed by atoms with E-state index in [-0.39, 0.29) is 5.41 Å². The molecule has 3 heterocycles. The molecule has 7 heteroatoms. The molecule has 0 radical (unpaired) electrons. The number of pyridine rings is 1. The maximum absolute atomic E-state index is 12.6. The fraction of sp³-hybridized carbons (Fsp3) is 0.552. The van der Waals surface area contributed by atoms with Crippen molar-refractivity contribution >= 4 is 23.3 Å². The molecule has 3 fully saturated rings. The number of carboxylic acid groups (broad SMARTS) is 1. The molecule has 0 amide bonds. The molecular formula is C29H38N4O3. The maximum atomic E-state index is 12.6. The van der Waals surface area contributed by atoms with E-state index in [1.54, 1.807) is 0 Å². The van der Waals surface area contributed by atoms with Crippen molar-refractivity contribution in [2.24, 2.45) is 11.3 Å². The van der Waals surface area contributed by atoms with Crippen molar-refractivity contribution in [2.45, 2.75) is 57.4 Å². The predicted octanol–water partition coefficient (Wildman–Crippen LogP) is 4.24. The maximum Gasteiger partial charge on any atom is 0.321 e. The fourth-order valence-corrected chi connectivity index (χ4v) is 6.31. The number of aliphatic carboxylic acids is 1. The quantitative estimate of drug-likeness (QED) is 0.572. The van der Waals surface area contributed by atoms with Gasteiger partial charge < -0.3 is 15.3 Å². The first-order chi connectivity index (χ1) is 17.5. The first-order valence-corrected chi connectivity index (χ1v) is 13.5. The molecule has 2 saturated heterocycles. The molecule has 2 unspecified atom stereocenters. The van der Waals surface area contributed by atoms with Gasteiger partial charge in [-0.3, -0.25) is 14.5 Å². The average Bonchev–Trinajstić information content (AvgIpc) is 3.33.